The summed E-state index contributed by atoms with van der Waals surface area (Å²) < 4.78 is 0.926. The Hall–Kier alpha value is -3.60. The molecule has 0 spiro atoms. The average Bonchev–Trinajstić information content (AvgIpc) is 2.81. The minimum Gasteiger partial charge on any atom is -0.389 e. The molecule has 1 aromatic carbocycles. The number of imide groups is 1. The lowest BCUT2D eigenvalue weighted by molar-refractivity contribution is -0.384. The molecule has 1 aromatic heterocycles. The second-order valence-electron chi connectivity index (χ2n) is 5.10. The van der Waals surface area contributed by atoms with Gasteiger partial charge in [0.2, 0.25) is 0 Å². The maximum atomic E-state index is 12.4. The van der Waals surface area contributed by atoms with E-state index in [0.29, 0.717) is 0 Å². The van der Waals surface area contributed by atoms with Gasteiger partial charge in [0.15, 0.2) is 0 Å². The topological polar surface area (TPSA) is 163 Å². The molecule has 10 nitrogen and oxygen atoms in total. The number of rotatable bonds is 3. The molecule has 3 rings (SSSR count). The van der Waals surface area contributed by atoms with Crippen LogP contribution in [0.5, 0.6) is 0 Å². The molecule has 0 radical (unpaired) electrons. The van der Waals surface area contributed by atoms with E-state index in [1.54, 1.807) is 0 Å². The van der Waals surface area contributed by atoms with Gasteiger partial charge in [-0.25, -0.2) is 0 Å². The number of fused-ring (bicyclic) bond motifs is 1. The Labute approximate surface area is 144 Å². The minimum atomic E-state index is -0.745. The summed E-state index contributed by atoms with van der Waals surface area (Å²) in [6.07, 6.45) is 0. The predicted octanol–water partition coefficient (Wildman–Crippen LogP) is -0.154. The molecule has 0 fully saturated rings. The van der Waals surface area contributed by atoms with Crippen LogP contribution in [0.3, 0.4) is 0 Å². The Bertz CT molecular complexity index is 1060. The first-order valence-electron chi connectivity index (χ1n) is 6.72. The van der Waals surface area contributed by atoms with E-state index in [1.807, 2.05) is 5.32 Å². The number of hydrogen-bond donors (Lipinski definition) is 3. The van der Waals surface area contributed by atoms with Gasteiger partial charge in [-0.05, 0) is 6.07 Å². The quantitative estimate of drug-likeness (QED) is 0.295. The van der Waals surface area contributed by atoms with Gasteiger partial charge in [-0.15, -0.1) is 0 Å². The van der Waals surface area contributed by atoms with Gasteiger partial charge in [0.1, 0.15) is 10.8 Å². The molecule has 0 unspecified atom stereocenters. The number of nitro benzene ring substituents is 1. The van der Waals surface area contributed by atoms with Gasteiger partial charge in [0.05, 0.1) is 21.7 Å². The third kappa shape index (κ3) is 2.42. The zero-order chi connectivity index (χ0) is 18.5. The Balaban J connectivity index is 2.36. The second kappa shape index (κ2) is 5.49. The number of benzene rings is 1. The number of pyridine rings is 1. The zero-order valence-corrected chi connectivity index (χ0v) is 13.1. The van der Waals surface area contributed by atoms with Crippen molar-refractivity contribution >= 4 is 40.5 Å². The van der Waals surface area contributed by atoms with E-state index in [9.17, 15) is 24.5 Å². The molecule has 5 N–H and O–H groups in total. The molecule has 0 bridgehead atoms. The molecule has 25 heavy (non-hydrogen) atoms. The molecule has 0 aliphatic carbocycles. The number of nitrogen functional groups attached to an aromatic ring is 1. The van der Waals surface area contributed by atoms with Gasteiger partial charge in [-0.2, -0.15) is 0 Å². The number of thiocarbonyl (C=S) groups is 1. The summed E-state index contributed by atoms with van der Waals surface area (Å²) in [4.78, 5) is 46.1. The summed E-state index contributed by atoms with van der Waals surface area (Å²) in [6.45, 7) is 0. The van der Waals surface area contributed by atoms with Crippen molar-refractivity contribution in [3.8, 4) is 5.69 Å². The van der Waals surface area contributed by atoms with Gasteiger partial charge in [-0.1, -0.05) is 12.2 Å². The van der Waals surface area contributed by atoms with Crippen molar-refractivity contribution in [1.29, 1.82) is 0 Å². The highest BCUT2D eigenvalue weighted by molar-refractivity contribution is 7.80. The fraction of sp³-hybridized carbons (Fsp3) is 0. The van der Waals surface area contributed by atoms with Crippen LogP contribution in [0.25, 0.3) is 5.69 Å². The summed E-state index contributed by atoms with van der Waals surface area (Å²) in [6, 6.07) is 4.44. The molecule has 2 amide bonds. The number of carbonyl (C=O) groups is 2. The number of aromatic nitrogens is 1. The van der Waals surface area contributed by atoms with Crippen molar-refractivity contribution in [2.75, 3.05) is 5.73 Å². The highest BCUT2D eigenvalue weighted by Crippen LogP contribution is 2.26. The van der Waals surface area contributed by atoms with Crippen LogP contribution in [-0.2, 0) is 0 Å². The first-order chi connectivity index (χ1) is 11.7. The number of anilines is 1. The molecule has 1 aliphatic heterocycles. The second-order valence-corrected chi connectivity index (χ2v) is 5.54. The van der Waals surface area contributed by atoms with Crippen molar-refractivity contribution in [2.45, 2.75) is 0 Å². The summed E-state index contributed by atoms with van der Waals surface area (Å²) in [5.74, 6) is -1.77. The van der Waals surface area contributed by atoms with Gasteiger partial charge in [-0.3, -0.25) is 34.4 Å². The monoisotopic (exact) mass is 359 g/mol. The Morgan fingerprint density at radius 2 is 1.88 bits per heavy atom. The van der Waals surface area contributed by atoms with Crippen LogP contribution >= 0.6 is 12.2 Å². The third-order valence-electron chi connectivity index (χ3n) is 3.65. The number of amides is 2. The Morgan fingerprint density at radius 3 is 2.48 bits per heavy atom. The maximum Gasteiger partial charge on any atom is 0.270 e. The number of non-ortho nitro benzene ring substituents is 1. The summed E-state index contributed by atoms with van der Waals surface area (Å²) in [7, 11) is 0. The van der Waals surface area contributed by atoms with E-state index in [-0.39, 0.29) is 38.9 Å². The molecule has 0 atom stereocenters. The Kier molecular flexibility index (Phi) is 3.57. The molecule has 2 heterocycles. The van der Waals surface area contributed by atoms with E-state index in [1.165, 1.54) is 6.07 Å². The number of nitrogens with zero attached hydrogens (tertiary/aromatic N) is 2. The van der Waals surface area contributed by atoms with Gasteiger partial charge < -0.3 is 11.5 Å². The fourth-order valence-corrected chi connectivity index (χ4v) is 2.72. The van der Waals surface area contributed by atoms with E-state index < -0.39 is 22.3 Å². The summed E-state index contributed by atoms with van der Waals surface area (Å²) in [5.41, 5.74) is 10.3. The fourth-order valence-electron chi connectivity index (χ4n) is 2.56. The standard InChI is InChI=1S/C14H9N5O5S/c15-11-10-7(13(21)17-14(10)22)4-9(20)18(11)8-2-1-5(19(23)24)3-6(8)12(16)25/h1-4H,15H2,(H2,16,25)(H,17,21,22). The van der Waals surface area contributed by atoms with Crippen LogP contribution in [0.1, 0.15) is 26.3 Å². The number of nitrogens with one attached hydrogen (secondary N) is 1. The number of nitro groups is 1. The van der Waals surface area contributed by atoms with E-state index in [4.69, 9.17) is 23.7 Å². The molecule has 2 aromatic rings. The predicted molar refractivity (Wildman–Crippen MR) is 90.8 cm³/mol. The average molecular weight is 359 g/mol. The smallest absolute Gasteiger partial charge is 0.270 e. The van der Waals surface area contributed by atoms with Crippen LogP contribution < -0.4 is 22.3 Å². The first kappa shape index (κ1) is 16.3. The van der Waals surface area contributed by atoms with E-state index in [2.05, 4.69) is 0 Å². The van der Waals surface area contributed by atoms with Crippen molar-refractivity contribution in [3.63, 3.8) is 0 Å². The lowest BCUT2D eigenvalue weighted by Gasteiger charge is -2.15. The van der Waals surface area contributed by atoms with Crippen LogP contribution in [-0.4, -0.2) is 26.3 Å². The molecular formula is C14H9N5O5S. The highest BCUT2D eigenvalue weighted by Gasteiger charge is 2.32. The van der Waals surface area contributed by atoms with E-state index >= 15 is 0 Å². The SMILES string of the molecule is NC(=S)c1cc([N+](=O)[O-])ccc1-n1c(N)c2c(cc1=O)C(=O)NC2=O. The largest absolute Gasteiger partial charge is 0.389 e. The summed E-state index contributed by atoms with van der Waals surface area (Å²) >= 11 is 4.89. The van der Waals surface area contributed by atoms with Crippen molar-refractivity contribution in [1.82, 2.24) is 9.88 Å². The van der Waals surface area contributed by atoms with Crippen LogP contribution in [0.2, 0.25) is 0 Å². The van der Waals surface area contributed by atoms with Crippen molar-refractivity contribution in [3.05, 3.63) is 61.4 Å². The van der Waals surface area contributed by atoms with Gasteiger partial charge in [0, 0.05) is 23.8 Å². The van der Waals surface area contributed by atoms with Crippen LogP contribution in [0, 0.1) is 10.1 Å². The summed E-state index contributed by atoms with van der Waals surface area (Å²) in [5, 5.41) is 13.0. The molecule has 1 aliphatic rings. The van der Waals surface area contributed by atoms with Crippen molar-refractivity contribution < 1.29 is 14.5 Å². The normalized spacial score (nSPS) is 12.6. The molecule has 0 saturated heterocycles. The molecular weight excluding hydrogens is 350 g/mol. The highest BCUT2D eigenvalue weighted by atomic mass is 32.1. The zero-order valence-electron chi connectivity index (χ0n) is 12.3. The first-order valence-corrected chi connectivity index (χ1v) is 7.13. The van der Waals surface area contributed by atoms with Crippen LogP contribution in [0.15, 0.2) is 29.1 Å². The number of carbonyl (C=O) groups excluding carboxylic acids is 2. The Morgan fingerprint density at radius 1 is 1.20 bits per heavy atom. The lowest BCUT2D eigenvalue weighted by atomic mass is 10.1. The molecule has 0 saturated carbocycles. The number of nitrogens with two attached hydrogens (primary N) is 2. The van der Waals surface area contributed by atoms with Gasteiger partial charge >= 0.3 is 0 Å². The van der Waals surface area contributed by atoms with E-state index in [0.717, 1.165) is 22.8 Å². The lowest BCUT2D eigenvalue weighted by Crippen LogP contribution is -2.26. The third-order valence-corrected chi connectivity index (χ3v) is 3.87. The van der Waals surface area contributed by atoms with Gasteiger partial charge in [0.25, 0.3) is 23.1 Å². The molecule has 126 valence electrons. The molecule has 11 heteroatoms. The maximum absolute atomic E-state index is 12.4. The number of hydrogen-bond acceptors (Lipinski definition) is 7. The van der Waals surface area contributed by atoms with Crippen LogP contribution in [0.4, 0.5) is 11.5 Å². The minimum absolute atomic E-state index is 0.0303. The van der Waals surface area contributed by atoms with Crippen molar-refractivity contribution in [2.24, 2.45) is 5.73 Å².